The number of halogens is 1. The summed E-state index contributed by atoms with van der Waals surface area (Å²) in [6.45, 7) is 5.51. The van der Waals surface area contributed by atoms with Crippen molar-refractivity contribution >= 4 is 27.6 Å². The van der Waals surface area contributed by atoms with Crippen LogP contribution in [0, 0.1) is 0 Å². The van der Waals surface area contributed by atoms with Crippen molar-refractivity contribution in [2.45, 2.75) is 32.8 Å². The van der Waals surface area contributed by atoms with Crippen molar-refractivity contribution in [1.29, 1.82) is 0 Å². The molecule has 0 aliphatic rings. The molecule has 0 aliphatic heterocycles. The largest absolute Gasteiger partial charge is 0.478 e. The van der Waals surface area contributed by atoms with Gasteiger partial charge in [-0.25, -0.2) is 4.79 Å². The smallest absolute Gasteiger partial charge is 0.337 e. The van der Waals surface area contributed by atoms with Gasteiger partial charge in [0, 0.05) is 23.3 Å². The fourth-order valence-corrected chi connectivity index (χ4v) is 1.98. The third-order valence-corrected chi connectivity index (χ3v) is 3.04. The molecule has 19 heavy (non-hydrogen) atoms. The normalized spacial score (nSPS) is 10.7. The standard InChI is InChI=1S/C14H20BrNO3/c1-10(2)19-8-4-3-7-16-13-6-5-11(15)9-12(13)14(17)18/h5-6,9-10,16H,3-4,7-8H2,1-2H3,(H,17,18). The van der Waals surface area contributed by atoms with E-state index in [1.807, 2.05) is 19.9 Å². The van der Waals surface area contributed by atoms with Gasteiger partial charge in [0.25, 0.3) is 0 Å². The molecule has 1 rings (SSSR count). The summed E-state index contributed by atoms with van der Waals surface area (Å²) in [4.78, 5) is 11.1. The van der Waals surface area contributed by atoms with E-state index in [9.17, 15) is 4.79 Å². The van der Waals surface area contributed by atoms with Crippen LogP contribution in [0.3, 0.4) is 0 Å². The number of unbranched alkanes of at least 4 members (excludes halogenated alkanes) is 1. The van der Waals surface area contributed by atoms with Crippen molar-refractivity contribution in [1.82, 2.24) is 0 Å². The predicted octanol–water partition coefficient (Wildman–Crippen LogP) is 3.76. The Bertz CT molecular complexity index is 421. The lowest BCUT2D eigenvalue weighted by Gasteiger charge is -2.11. The molecule has 0 amide bonds. The van der Waals surface area contributed by atoms with E-state index in [1.54, 1.807) is 12.1 Å². The molecule has 1 aromatic rings. The Kier molecular flexibility index (Phi) is 6.87. The van der Waals surface area contributed by atoms with E-state index in [0.717, 1.165) is 30.5 Å². The highest BCUT2D eigenvalue weighted by atomic mass is 79.9. The van der Waals surface area contributed by atoms with Crippen molar-refractivity contribution in [2.75, 3.05) is 18.5 Å². The number of hydrogen-bond donors (Lipinski definition) is 2. The number of benzene rings is 1. The summed E-state index contributed by atoms with van der Waals surface area (Å²) >= 11 is 3.27. The van der Waals surface area contributed by atoms with Gasteiger partial charge in [-0.1, -0.05) is 15.9 Å². The number of carboxylic acids is 1. The Morgan fingerprint density at radius 1 is 1.42 bits per heavy atom. The highest BCUT2D eigenvalue weighted by Crippen LogP contribution is 2.21. The molecule has 0 atom stereocenters. The van der Waals surface area contributed by atoms with E-state index in [1.165, 1.54) is 0 Å². The molecule has 0 heterocycles. The van der Waals surface area contributed by atoms with Crippen LogP contribution in [0.15, 0.2) is 22.7 Å². The summed E-state index contributed by atoms with van der Waals surface area (Å²) in [6, 6.07) is 5.21. The Morgan fingerprint density at radius 3 is 2.79 bits per heavy atom. The van der Waals surface area contributed by atoms with Gasteiger partial charge in [0.2, 0.25) is 0 Å². The summed E-state index contributed by atoms with van der Waals surface area (Å²) in [5.41, 5.74) is 0.938. The van der Waals surface area contributed by atoms with E-state index in [2.05, 4.69) is 21.2 Å². The van der Waals surface area contributed by atoms with Crippen LogP contribution in [-0.2, 0) is 4.74 Å². The van der Waals surface area contributed by atoms with Crippen LogP contribution in [0.1, 0.15) is 37.0 Å². The molecule has 0 saturated carbocycles. The van der Waals surface area contributed by atoms with Crippen molar-refractivity contribution in [2.24, 2.45) is 0 Å². The summed E-state index contributed by atoms with van der Waals surface area (Å²) in [5, 5.41) is 12.3. The van der Waals surface area contributed by atoms with Gasteiger partial charge in [0.1, 0.15) is 0 Å². The van der Waals surface area contributed by atoms with Crippen LogP contribution in [0.25, 0.3) is 0 Å². The first-order valence-electron chi connectivity index (χ1n) is 6.39. The number of carbonyl (C=O) groups is 1. The van der Waals surface area contributed by atoms with Crippen LogP contribution in [-0.4, -0.2) is 30.3 Å². The number of hydrogen-bond acceptors (Lipinski definition) is 3. The molecule has 0 fully saturated rings. The van der Waals surface area contributed by atoms with Gasteiger partial charge in [-0.3, -0.25) is 0 Å². The number of ether oxygens (including phenoxy) is 1. The SMILES string of the molecule is CC(C)OCCCCNc1ccc(Br)cc1C(=O)O. The summed E-state index contributed by atoms with van der Waals surface area (Å²) < 4.78 is 6.21. The molecule has 0 saturated heterocycles. The molecule has 0 spiro atoms. The first-order chi connectivity index (χ1) is 9.00. The van der Waals surface area contributed by atoms with Crippen molar-refractivity contribution < 1.29 is 14.6 Å². The van der Waals surface area contributed by atoms with Gasteiger partial charge in [-0.05, 0) is 44.9 Å². The summed E-state index contributed by atoms with van der Waals surface area (Å²) in [5.74, 6) is -0.924. The molecule has 0 bridgehead atoms. The van der Waals surface area contributed by atoms with E-state index >= 15 is 0 Å². The highest BCUT2D eigenvalue weighted by molar-refractivity contribution is 9.10. The average molecular weight is 330 g/mol. The lowest BCUT2D eigenvalue weighted by Crippen LogP contribution is -2.09. The molecule has 106 valence electrons. The fourth-order valence-electron chi connectivity index (χ4n) is 1.62. The lowest BCUT2D eigenvalue weighted by molar-refractivity contribution is 0.0697. The van der Waals surface area contributed by atoms with Gasteiger partial charge in [0.15, 0.2) is 0 Å². The minimum absolute atomic E-state index is 0.262. The molecule has 0 radical (unpaired) electrons. The number of carboxylic acid groups (broad SMARTS) is 1. The highest BCUT2D eigenvalue weighted by Gasteiger charge is 2.09. The van der Waals surface area contributed by atoms with Crippen molar-refractivity contribution in [3.8, 4) is 0 Å². The predicted molar refractivity (Wildman–Crippen MR) is 79.9 cm³/mol. The van der Waals surface area contributed by atoms with Crippen molar-refractivity contribution in [3.63, 3.8) is 0 Å². The number of aromatic carboxylic acids is 1. The van der Waals surface area contributed by atoms with E-state index in [0.29, 0.717) is 5.69 Å². The number of nitrogens with one attached hydrogen (secondary N) is 1. The molecule has 1 aromatic carbocycles. The second kappa shape index (κ2) is 8.17. The molecule has 0 aliphatic carbocycles. The van der Waals surface area contributed by atoms with Crippen molar-refractivity contribution in [3.05, 3.63) is 28.2 Å². The van der Waals surface area contributed by atoms with Crippen LogP contribution in [0.2, 0.25) is 0 Å². The lowest BCUT2D eigenvalue weighted by atomic mass is 10.1. The zero-order valence-electron chi connectivity index (χ0n) is 11.3. The zero-order chi connectivity index (χ0) is 14.3. The van der Waals surface area contributed by atoms with E-state index in [-0.39, 0.29) is 11.7 Å². The van der Waals surface area contributed by atoms with Gasteiger partial charge < -0.3 is 15.2 Å². The van der Waals surface area contributed by atoms with Gasteiger partial charge >= 0.3 is 5.97 Å². The molecular weight excluding hydrogens is 310 g/mol. The maximum absolute atomic E-state index is 11.1. The molecule has 5 heteroatoms. The first-order valence-corrected chi connectivity index (χ1v) is 7.18. The van der Waals surface area contributed by atoms with Crippen LogP contribution >= 0.6 is 15.9 Å². The molecular formula is C14H20BrNO3. The second-order valence-electron chi connectivity index (χ2n) is 4.55. The molecule has 4 nitrogen and oxygen atoms in total. The summed E-state index contributed by atoms with van der Waals surface area (Å²) in [6.07, 6.45) is 2.17. The number of rotatable bonds is 8. The van der Waals surface area contributed by atoms with Gasteiger partial charge in [0.05, 0.1) is 11.7 Å². The van der Waals surface area contributed by atoms with Gasteiger partial charge in [-0.2, -0.15) is 0 Å². The van der Waals surface area contributed by atoms with Crippen LogP contribution in [0.5, 0.6) is 0 Å². The molecule has 0 aromatic heterocycles. The molecule has 2 N–H and O–H groups in total. The molecule has 0 unspecified atom stereocenters. The number of anilines is 1. The third-order valence-electron chi connectivity index (χ3n) is 2.55. The quantitative estimate of drug-likeness (QED) is 0.713. The third kappa shape index (κ3) is 6.07. The topological polar surface area (TPSA) is 58.6 Å². The monoisotopic (exact) mass is 329 g/mol. The minimum atomic E-state index is -0.924. The zero-order valence-corrected chi connectivity index (χ0v) is 12.9. The maximum atomic E-state index is 11.1. The Morgan fingerprint density at radius 2 is 2.16 bits per heavy atom. The van der Waals surface area contributed by atoms with E-state index in [4.69, 9.17) is 9.84 Å². The first kappa shape index (κ1) is 16.0. The van der Waals surface area contributed by atoms with Gasteiger partial charge in [-0.15, -0.1) is 0 Å². The fraction of sp³-hybridized carbons (Fsp3) is 0.500. The Labute approximate surface area is 122 Å². The second-order valence-corrected chi connectivity index (χ2v) is 5.46. The van der Waals surface area contributed by atoms with Crippen LogP contribution in [0.4, 0.5) is 5.69 Å². The Balaban J connectivity index is 2.39. The average Bonchev–Trinajstić information content (AvgIpc) is 2.34. The Hall–Kier alpha value is -1.07. The van der Waals surface area contributed by atoms with E-state index < -0.39 is 5.97 Å². The maximum Gasteiger partial charge on any atom is 0.337 e. The van der Waals surface area contributed by atoms with Crippen LogP contribution < -0.4 is 5.32 Å². The minimum Gasteiger partial charge on any atom is -0.478 e. The summed E-state index contributed by atoms with van der Waals surface area (Å²) in [7, 11) is 0.